The monoisotopic (exact) mass is 195 g/mol. The van der Waals surface area contributed by atoms with Crippen LogP contribution in [0.1, 0.15) is 10.9 Å². The molecule has 1 atom stereocenters. The Morgan fingerprint density at radius 2 is 2.31 bits per heavy atom. The third-order valence-corrected chi connectivity index (χ3v) is 3.33. The van der Waals surface area contributed by atoms with Crippen molar-refractivity contribution in [2.24, 2.45) is 0 Å². The van der Waals surface area contributed by atoms with Gasteiger partial charge in [0.05, 0.1) is 12.5 Å². The van der Waals surface area contributed by atoms with Gasteiger partial charge in [-0.05, 0) is 6.07 Å². The van der Waals surface area contributed by atoms with Crippen LogP contribution in [0.4, 0.5) is 0 Å². The van der Waals surface area contributed by atoms with Crippen LogP contribution in [0.3, 0.4) is 0 Å². The largest absolute Gasteiger partial charge is 0.496 e. The molecule has 0 spiro atoms. The predicted octanol–water partition coefficient (Wildman–Crippen LogP) is 2.03. The van der Waals surface area contributed by atoms with Gasteiger partial charge in [0.2, 0.25) is 0 Å². The third-order valence-electron chi connectivity index (χ3n) is 2.14. The van der Waals surface area contributed by atoms with Gasteiger partial charge in [0.25, 0.3) is 0 Å². The minimum absolute atomic E-state index is 0.413. The number of ether oxygens (including phenoxy) is 1. The van der Waals surface area contributed by atoms with E-state index in [4.69, 9.17) is 4.74 Å². The first-order valence-electron chi connectivity index (χ1n) is 4.40. The Morgan fingerprint density at radius 1 is 1.46 bits per heavy atom. The van der Waals surface area contributed by atoms with Crippen molar-refractivity contribution in [3.8, 4) is 5.75 Å². The van der Waals surface area contributed by atoms with Crippen LogP contribution in [-0.2, 0) is 0 Å². The Morgan fingerprint density at radius 3 is 3.00 bits per heavy atom. The van der Waals surface area contributed by atoms with E-state index in [-0.39, 0.29) is 0 Å². The van der Waals surface area contributed by atoms with Gasteiger partial charge in [0.1, 0.15) is 5.75 Å². The maximum Gasteiger partial charge on any atom is 0.124 e. The molecule has 0 saturated carbocycles. The van der Waals surface area contributed by atoms with Crippen molar-refractivity contribution in [1.29, 1.82) is 0 Å². The highest BCUT2D eigenvalue weighted by Crippen LogP contribution is 2.35. The molecule has 0 amide bonds. The molecule has 1 aliphatic heterocycles. The van der Waals surface area contributed by atoms with E-state index in [1.807, 2.05) is 23.9 Å². The van der Waals surface area contributed by atoms with Crippen molar-refractivity contribution < 1.29 is 4.74 Å². The maximum atomic E-state index is 5.30. The molecular formula is C10H13NOS. The van der Waals surface area contributed by atoms with Crippen molar-refractivity contribution in [1.82, 2.24) is 5.32 Å². The topological polar surface area (TPSA) is 21.3 Å². The number of hydrogen-bond acceptors (Lipinski definition) is 3. The number of para-hydroxylation sites is 1. The van der Waals surface area contributed by atoms with Crippen molar-refractivity contribution in [2.75, 3.05) is 19.4 Å². The molecule has 13 heavy (non-hydrogen) atoms. The molecule has 2 rings (SSSR count). The van der Waals surface area contributed by atoms with Gasteiger partial charge in [-0.2, -0.15) is 0 Å². The minimum atomic E-state index is 0.413. The van der Waals surface area contributed by atoms with E-state index < -0.39 is 0 Å². The number of hydrogen-bond donors (Lipinski definition) is 1. The van der Waals surface area contributed by atoms with Crippen molar-refractivity contribution in [2.45, 2.75) is 5.37 Å². The molecular weight excluding hydrogens is 182 g/mol. The zero-order valence-corrected chi connectivity index (χ0v) is 8.43. The highest BCUT2D eigenvalue weighted by Gasteiger charge is 2.19. The summed E-state index contributed by atoms with van der Waals surface area (Å²) in [5, 5.41) is 3.84. The molecule has 70 valence electrons. The second kappa shape index (κ2) is 4.03. The standard InChI is InChI=1S/C10H13NOS/c1-12-9-5-3-2-4-8(9)10-11-6-7-13-10/h2-5,10-11H,6-7H2,1H3/t10-/m1/s1. The molecule has 0 aliphatic carbocycles. The van der Waals surface area contributed by atoms with Gasteiger partial charge >= 0.3 is 0 Å². The summed E-state index contributed by atoms with van der Waals surface area (Å²) >= 11 is 1.93. The zero-order valence-electron chi connectivity index (χ0n) is 7.62. The molecule has 0 unspecified atom stereocenters. The second-order valence-corrected chi connectivity index (χ2v) is 4.16. The smallest absolute Gasteiger partial charge is 0.124 e. The van der Waals surface area contributed by atoms with Crippen LogP contribution in [-0.4, -0.2) is 19.4 Å². The number of methoxy groups -OCH3 is 1. The zero-order chi connectivity index (χ0) is 9.10. The van der Waals surface area contributed by atoms with Crippen molar-refractivity contribution >= 4 is 11.8 Å². The van der Waals surface area contributed by atoms with Crippen LogP contribution in [0, 0.1) is 0 Å². The van der Waals surface area contributed by atoms with Crippen LogP contribution in [0.15, 0.2) is 24.3 Å². The Balaban J connectivity index is 2.26. The van der Waals surface area contributed by atoms with Gasteiger partial charge in [-0.15, -0.1) is 11.8 Å². The van der Waals surface area contributed by atoms with E-state index in [0.717, 1.165) is 12.3 Å². The molecule has 1 aromatic rings. The summed E-state index contributed by atoms with van der Waals surface area (Å²) in [4.78, 5) is 0. The molecule has 0 bridgehead atoms. The summed E-state index contributed by atoms with van der Waals surface area (Å²) < 4.78 is 5.30. The lowest BCUT2D eigenvalue weighted by molar-refractivity contribution is 0.408. The second-order valence-electron chi connectivity index (χ2n) is 2.95. The van der Waals surface area contributed by atoms with E-state index >= 15 is 0 Å². The number of thioether (sulfide) groups is 1. The molecule has 0 radical (unpaired) electrons. The van der Waals surface area contributed by atoms with Crippen LogP contribution >= 0.6 is 11.8 Å². The van der Waals surface area contributed by atoms with Crippen molar-refractivity contribution in [3.63, 3.8) is 0 Å². The third kappa shape index (κ3) is 1.81. The van der Waals surface area contributed by atoms with Gasteiger partial charge in [0, 0.05) is 17.9 Å². The minimum Gasteiger partial charge on any atom is -0.496 e. The number of rotatable bonds is 2. The first-order valence-corrected chi connectivity index (χ1v) is 5.44. The molecule has 1 aromatic carbocycles. The fourth-order valence-electron chi connectivity index (χ4n) is 1.51. The van der Waals surface area contributed by atoms with Crippen molar-refractivity contribution in [3.05, 3.63) is 29.8 Å². The molecule has 2 nitrogen and oxygen atoms in total. The summed E-state index contributed by atoms with van der Waals surface area (Å²) in [5.41, 5.74) is 1.26. The molecule has 1 N–H and O–H groups in total. The summed E-state index contributed by atoms with van der Waals surface area (Å²) in [6.45, 7) is 1.09. The van der Waals surface area contributed by atoms with Crippen LogP contribution < -0.4 is 10.1 Å². The van der Waals surface area contributed by atoms with Gasteiger partial charge < -0.3 is 10.1 Å². The van der Waals surface area contributed by atoms with E-state index in [2.05, 4.69) is 17.4 Å². The molecule has 1 heterocycles. The SMILES string of the molecule is COc1ccccc1[C@@H]1NCCS1. The lowest BCUT2D eigenvalue weighted by Crippen LogP contribution is -2.12. The molecule has 3 heteroatoms. The summed E-state index contributed by atoms with van der Waals surface area (Å²) in [6.07, 6.45) is 0. The lowest BCUT2D eigenvalue weighted by atomic mass is 10.2. The molecule has 0 aromatic heterocycles. The van der Waals surface area contributed by atoms with E-state index in [1.165, 1.54) is 11.3 Å². The fourth-order valence-corrected chi connectivity index (χ4v) is 2.59. The van der Waals surface area contributed by atoms with Gasteiger partial charge in [-0.3, -0.25) is 0 Å². The van der Waals surface area contributed by atoms with Crippen LogP contribution in [0.25, 0.3) is 0 Å². The fraction of sp³-hybridized carbons (Fsp3) is 0.400. The first kappa shape index (κ1) is 8.91. The molecule has 1 aliphatic rings. The van der Waals surface area contributed by atoms with E-state index in [0.29, 0.717) is 5.37 Å². The number of nitrogens with one attached hydrogen (secondary N) is 1. The summed E-state index contributed by atoms with van der Waals surface area (Å²) in [5.74, 6) is 2.16. The summed E-state index contributed by atoms with van der Waals surface area (Å²) in [6, 6.07) is 8.19. The van der Waals surface area contributed by atoms with Crippen LogP contribution in [0.5, 0.6) is 5.75 Å². The highest BCUT2D eigenvalue weighted by molar-refractivity contribution is 7.99. The average Bonchev–Trinajstić information content (AvgIpc) is 2.70. The normalized spacial score (nSPS) is 21.8. The number of benzene rings is 1. The van der Waals surface area contributed by atoms with E-state index in [1.54, 1.807) is 7.11 Å². The Kier molecular flexibility index (Phi) is 2.76. The summed E-state index contributed by atoms with van der Waals surface area (Å²) in [7, 11) is 1.72. The van der Waals surface area contributed by atoms with Gasteiger partial charge in [0.15, 0.2) is 0 Å². The predicted molar refractivity (Wildman–Crippen MR) is 56.2 cm³/mol. The quantitative estimate of drug-likeness (QED) is 0.780. The lowest BCUT2D eigenvalue weighted by Gasteiger charge is -2.13. The van der Waals surface area contributed by atoms with Gasteiger partial charge in [-0.1, -0.05) is 18.2 Å². The molecule has 1 saturated heterocycles. The van der Waals surface area contributed by atoms with Gasteiger partial charge in [-0.25, -0.2) is 0 Å². The van der Waals surface area contributed by atoms with E-state index in [9.17, 15) is 0 Å². The average molecular weight is 195 g/mol. The first-order chi connectivity index (χ1) is 6.42. The van der Waals surface area contributed by atoms with Crippen LogP contribution in [0.2, 0.25) is 0 Å². The Hall–Kier alpha value is -0.670. The Labute approximate surface area is 82.7 Å². The maximum absolute atomic E-state index is 5.30. The molecule has 1 fully saturated rings. The highest BCUT2D eigenvalue weighted by atomic mass is 32.2. The Bertz CT molecular complexity index is 284.